The Morgan fingerprint density at radius 2 is 1.79 bits per heavy atom. The molecule has 0 fully saturated rings. The molecule has 1 atom stereocenters. The van der Waals surface area contributed by atoms with Gasteiger partial charge >= 0.3 is 0 Å². The van der Waals surface area contributed by atoms with E-state index in [1.54, 1.807) is 11.8 Å². The third kappa shape index (κ3) is 5.84. The van der Waals surface area contributed by atoms with Crippen molar-refractivity contribution in [2.24, 2.45) is 0 Å². The van der Waals surface area contributed by atoms with Crippen molar-refractivity contribution in [3.63, 3.8) is 0 Å². The van der Waals surface area contributed by atoms with E-state index in [9.17, 15) is 9.59 Å². The first-order valence-corrected chi connectivity index (χ1v) is 9.64. The summed E-state index contributed by atoms with van der Waals surface area (Å²) < 4.78 is 5.79. The Bertz CT molecular complexity index is 832. The monoisotopic (exact) mass is 382 g/mol. The van der Waals surface area contributed by atoms with E-state index >= 15 is 0 Å². The molecule has 0 saturated carbocycles. The average molecular weight is 383 g/mol. The smallest absolute Gasteiger partial charge is 0.261 e. The summed E-state index contributed by atoms with van der Waals surface area (Å²) in [5.41, 5.74) is 4.14. The van der Waals surface area contributed by atoms with Crippen molar-refractivity contribution in [2.45, 2.75) is 47.2 Å². The van der Waals surface area contributed by atoms with E-state index < -0.39 is 6.04 Å². The Labute approximate surface area is 167 Å². The lowest BCUT2D eigenvalue weighted by atomic mass is 10.1. The van der Waals surface area contributed by atoms with Crippen LogP contribution < -0.4 is 10.1 Å². The summed E-state index contributed by atoms with van der Waals surface area (Å²) in [7, 11) is 0. The summed E-state index contributed by atoms with van der Waals surface area (Å²) in [5, 5.41) is 2.79. The Morgan fingerprint density at radius 1 is 1.07 bits per heavy atom. The predicted octanol–water partition coefficient (Wildman–Crippen LogP) is 3.54. The van der Waals surface area contributed by atoms with Crippen molar-refractivity contribution in [2.75, 3.05) is 13.2 Å². The quantitative estimate of drug-likeness (QED) is 0.760. The maximum absolute atomic E-state index is 13.0. The number of likely N-dealkylation sites (N-methyl/N-ethyl adjacent to an activating group) is 1. The molecule has 0 aliphatic carbocycles. The Morgan fingerprint density at radius 3 is 2.46 bits per heavy atom. The van der Waals surface area contributed by atoms with Crippen LogP contribution in [-0.4, -0.2) is 35.9 Å². The maximum atomic E-state index is 13.0. The molecule has 0 radical (unpaired) electrons. The number of ether oxygens (including phenoxy) is 1. The lowest BCUT2D eigenvalue weighted by Gasteiger charge is -2.29. The molecule has 2 aromatic carbocycles. The minimum Gasteiger partial charge on any atom is -0.483 e. The first-order valence-electron chi connectivity index (χ1n) is 9.64. The molecule has 0 aliphatic heterocycles. The first-order chi connectivity index (χ1) is 13.3. The number of nitrogens with one attached hydrogen (secondary N) is 1. The summed E-state index contributed by atoms with van der Waals surface area (Å²) in [6, 6.07) is 13.3. The van der Waals surface area contributed by atoms with E-state index in [2.05, 4.69) is 5.32 Å². The second-order valence-electron chi connectivity index (χ2n) is 7.14. The summed E-state index contributed by atoms with van der Waals surface area (Å²) in [4.78, 5) is 26.9. The molecule has 0 bridgehead atoms. The third-order valence-electron chi connectivity index (χ3n) is 4.65. The van der Waals surface area contributed by atoms with Crippen molar-refractivity contribution < 1.29 is 14.3 Å². The maximum Gasteiger partial charge on any atom is 0.261 e. The van der Waals surface area contributed by atoms with Gasteiger partial charge in [0.25, 0.3) is 5.91 Å². The van der Waals surface area contributed by atoms with Gasteiger partial charge in [-0.3, -0.25) is 9.59 Å². The van der Waals surface area contributed by atoms with Gasteiger partial charge < -0.3 is 15.0 Å². The zero-order chi connectivity index (χ0) is 20.7. The van der Waals surface area contributed by atoms with Crippen molar-refractivity contribution in [3.05, 3.63) is 64.7 Å². The van der Waals surface area contributed by atoms with E-state index in [0.29, 0.717) is 18.8 Å². The van der Waals surface area contributed by atoms with Gasteiger partial charge in [-0.05, 0) is 57.4 Å². The number of hydrogen-bond donors (Lipinski definition) is 1. The molecule has 0 aromatic heterocycles. The number of rotatable bonds is 8. The standard InChI is InChI=1S/C23H30N2O3/c1-6-24-23(27)19(5)25(14-20-9-7-8-16(2)12-20)22(26)15-28-21-13-17(3)10-11-18(21)4/h7-13,19H,6,14-15H2,1-5H3,(H,24,27)/t19-/m1/s1. The van der Waals surface area contributed by atoms with Gasteiger partial charge in [0, 0.05) is 13.1 Å². The lowest BCUT2D eigenvalue weighted by Crippen LogP contribution is -2.49. The van der Waals surface area contributed by atoms with Crippen LogP contribution in [0.4, 0.5) is 0 Å². The van der Waals surface area contributed by atoms with Gasteiger partial charge in [0.1, 0.15) is 11.8 Å². The fraction of sp³-hybridized carbons (Fsp3) is 0.391. The molecule has 0 aliphatic rings. The zero-order valence-electron chi connectivity index (χ0n) is 17.4. The SMILES string of the molecule is CCNC(=O)[C@@H](C)N(Cc1cccc(C)c1)C(=O)COc1cc(C)ccc1C. The lowest BCUT2D eigenvalue weighted by molar-refractivity contribution is -0.142. The highest BCUT2D eigenvalue weighted by atomic mass is 16.5. The minimum absolute atomic E-state index is 0.111. The molecule has 0 heterocycles. The van der Waals surface area contributed by atoms with Gasteiger partial charge in [-0.2, -0.15) is 0 Å². The fourth-order valence-electron chi connectivity index (χ4n) is 3.00. The van der Waals surface area contributed by atoms with Gasteiger partial charge in [-0.15, -0.1) is 0 Å². The molecule has 2 aromatic rings. The molecular formula is C23H30N2O3. The molecule has 0 saturated heterocycles. The number of benzene rings is 2. The summed E-state index contributed by atoms with van der Waals surface area (Å²) in [6.45, 7) is 10.3. The van der Waals surface area contributed by atoms with Crippen LogP contribution in [0.2, 0.25) is 0 Å². The van der Waals surface area contributed by atoms with Crippen molar-refractivity contribution in [3.8, 4) is 5.75 Å². The molecule has 2 amide bonds. The second-order valence-corrected chi connectivity index (χ2v) is 7.14. The van der Waals surface area contributed by atoms with Crippen LogP contribution in [0, 0.1) is 20.8 Å². The Balaban J connectivity index is 2.17. The van der Waals surface area contributed by atoms with E-state index in [1.807, 2.05) is 70.2 Å². The van der Waals surface area contributed by atoms with Crippen molar-refractivity contribution >= 4 is 11.8 Å². The molecule has 150 valence electrons. The number of carbonyl (C=O) groups excluding carboxylic acids is 2. The van der Waals surface area contributed by atoms with Crippen LogP contribution >= 0.6 is 0 Å². The van der Waals surface area contributed by atoms with E-state index in [4.69, 9.17) is 4.74 Å². The molecule has 28 heavy (non-hydrogen) atoms. The van der Waals surface area contributed by atoms with Crippen LogP contribution in [0.3, 0.4) is 0 Å². The summed E-state index contributed by atoms with van der Waals surface area (Å²) >= 11 is 0. The highest BCUT2D eigenvalue weighted by molar-refractivity contribution is 5.87. The highest BCUT2D eigenvalue weighted by Gasteiger charge is 2.26. The van der Waals surface area contributed by atoms with Crippen LogP contribution in [0.1, 0.15) is 36.1 Å². The first kappa shape index (κ1) is 21.5. The van der Waals surface area contributed by atoms with Gasteiger partial charge in [-0.25, -0.2) is 0 Å². The molecule has 2 rings (SSSR count). The van der Waals surface area contributed by atoms with Crippen LogP contribution in [0.25, 0.3) is 0 Å². The van der Waals surface area contributed by atoms with Gasteiger partial charge in [0.2, 0.25) is 5.91 Å². The van der Waals surface area contributed by atoms with Gasteiger partial charge in [0.05, 0.1) is 0 Å². The Hall–Kier alpha value is -2.82. The number of amides is 2. The van der Waals surface area contributed by atoms with Gasteiger partial charge in [-0.1, -0.05) is 42.0 Å². The third-order valence-corrected chi connectivity index (χ3v) is 4.65. The van der Waals surface area contributed by atoms with E-state index in [1.165, 1.54) is 0 Å². The van der Waals surface area contributed by atoms with Crippen molar-refractivity contribution in [1.82, 2.24) is 10.2 Å². The zero-order valence-corrected chi connectivity index (χ0v) is 17.4. The molecule has 1 N–H and O–H groups in total. The second kappa shape index (κ2) is 9.93. The molecule has 5 heteroatoms. The van der Waals surface area contributed by atoms with Gasteiger partial charge in [0.15, 0.2) is 6.61 Å². The van der Waals surface area contributed by atoms with Crippen LogP contribution in [0.15, 0.2) is 42.5 Å². The fourth-order valence-corrected chi connectivity index (χ4v) is 3.00. The van der Waals surface area contributed by atoms with E-state index in [0.717, 1.165) is 22.3 Å². The number of hydrogen-bond acceptors (Lipinski definition) is 3. The molecular weight excluding hydrogens is 352 g/mol. The largest absolute Gasteiger partial charge is 0.483 e. The number of nitrogens with zero attached hydrogens (tertiary/aromatic N) is 1. The summed E-state index contributed by atoms with van der Waals surface area (Å²) in [5.74, 6) is 0.297. The van der Waals surface area contributed by atoms with Crippen LogP contribution in [-0.2, 0) is 16.1 Å². The average Bonchev–Trinajstić information content (AvgIpc) is 2.66. The number of aryl methyl sites for hydroxylation is 3. The number of carbonyl (C=O) groups is 2. The molecule has 0 spiro atoms. The van der Waals surface area contributed by atoms with Crippen molar-refractivity contribution in [1.29, 1.82) is 0 Å². The highest BCUT2D eigenvalue weighted by Crippen LogP contribution is 2.19. The molecule has 5 nitrogen and oxygen atoms in total. The molecule has 0 unspecified atom stereocenters. The Kier molecular flexibility index (Phi) is 7.61. The summed E-state index contributed by atoms with van der Waals surface area (Å²) in [6.07, 6.45) is 0. The van der Waals surface area contributed by atoms with E-state index in [-0.39, 0.29) is 18.4 Å². The normalized spacial score (nSPS) is 11.6. The topological polar surface area (TPSA) is 58.6 Å². The van der Waals surface area contributed by atoms with Crippen LogP contribution in [0.5, 0.6) is 5.75 Å². The minimum atomic E-state index is -0.588. The predicted molar refractivity (Wildman–Crippen MR) is 111 cm³/mol.